The fraction of sp³-hybridized carbons (Fsp3) is 0.562. The number of carbonyl (C=O) groups is 1. The topological polar surface area (TPSA) is 38.8 Å². The van der Waals surface area contributed by atoms with Gasteiger partial charge in [-0.2, -0.15) is 0 Å². The van der Waals surface area contributed by atoms with Gasteiger partial charge in [0.25, 0.3) is 0 Å². The Labute approximate surface area is 120 Å². The van der Waals surface area contributed by atoms with Crippen LogP contribution in [0.3, 0.4) is 0 Å². The summed E-state index contributed by atoms with van der Waals surface area (Å²) in [5.41, 5.74) is 1.05. The van der Waals surface area contributed by atoms with E-state index in [0.717, 1.165) is 18.4 Å². The minimum absolute atomic E-state index is 0.222. The molecule has 0 heterocycles. The molecule has 1 fully saturated rings. The highest BCUT2D eigenvalue weighted by Gasteiger charge is 2.25. The third kappa shape index (κ3) is 3.24. The van der Waals surface area contributed by atoms with Crippen LogP contribution in [-0.2, 0) is 11.3 Å². The summed E-state index contributed by atoms with van der Waals surface area (Å²) >= 11 is 0. The highest BCUT2D eigenvalue weighted by molar-refractivity contribution is 5.78. The molecular formula is C16H23NO3. The van der Waals surface area contributed by atoms with E-state index in [1.807, 2.05) is 30.1 Å². The lowest BCUT2D eigenvalue weighted by atomic mass is 10.1. The van der Waals surface area contributed by atoms with Crippen molar-refractivity contribution in [2.75, 3.05) is 21.3 Å². The number of hydrogen-bond donors (Lipinski definition) is 0. The van der Waals surface area contributed by atoms with Crippen LogP contribution in [0.4, 0.5) is 0 Å². The van der Waals surface area contributed by atoms with Gasteiger partial charge in [-0.3, -0.25) is 4.79 Å². The minimum Gasteiger partial charge on any atom is -0.493 e. The lowest BCUT2D eigenvalue weighted by Gasteiger charge is -2.21. The molecule has 0 radical (unpaired) electrons. The third-order valence-electron chi connectivity index (χ3n) is 3.95. The molecule has 1 aliphatic rings. The maximum Gasteiger partial charge on any atom is 0.225 e. The van der Waals surface area contributed by atoms with Gasteiger partial charge in [-0.1, -0.05) is 18.9 Å². The fourth-order valence-electron chi connectivity index (χ4n) is 2.82. The average Bonchev–Trinajstić information content (AvgIpc) is 3.00. The van der Waals surface area contributed by atoms with E-state index in [1.165, 1.54) is 12.8 Å². The Bertz CT molecular complexity index is 467. The quantitative estimate of drug-likeness (QED) is 0.830. The zero-order valence-corrected chi connectivity index (χ0v) is 12.5. The molecule has 2 rings (SSSR count). The summed E-state index contributed by atoms with van der Waals surface area (Å²) in [6, 6.07) is 5.78. The molecule has 20 heavy (non-hydrogen) atoms. The number of amides is 1. The Hall–Kier alpha value is -1.71. The zero-order valence-electron chi connectivity index (χ0n) is 12.5. The smallest absolute Gasteiger partial charge is 0.225 e. The number of ether oxygens (including phenoxy) is 2. The summed E-state index contributed by atoms with van der Waals surface area (Å²) < 4.78 is 10.5. The van der Waals surface area contributed by atoms with Gasteiger partial charge in [0, 0.05) is 19.5 Å². The fourth-order valence-corrected chi connectivity index (χ4v) is 2.82. The summed E-state index contributed by atoms with van der Waals surface area (Å²) in [6.07, 6.45) is 4.44. The first-order valence-corrected chi connectivity index (χ1v) is 7.11. The first-order valence-electron chi connectivity index (χ1n) is 7.11. The molecule has 0 saturated heterocycles. The maximum atomic E-state index is 12.3. The predicted octanol–water partition coefficient (Wildman–Crippen LogP) is 2.85. The first-order chi connectivity index (χ1) is 9.65. The SMILES string of the molecule is COc1ccc(CN(C)C(=O)C2CCCC2)cc1OC. The number of nitrogens with zero attached hydrogens (tertiary/aromatic N) is 1. The standard InChI is InChI=1S/C16H23NO3/c1-17(16(18)13-6-4-5-7-13)11-12-8-9-14(19-2)15(10-12)20-3/h8-10,13H,4-7,11H2,1-3H3. The van der Waals surface area contributed by atoms with Crippen LogP contribution in [0.25, 0.3) is 0 Å². The Morgan fingerprint density at radius 3 is 2.45 bits per heavy atom. The summed E-state index contributed by atoms with van der Waals surface area (Å²) in [6.45, 7) is 0.607. The number of hydrogen-bond acceptors (Lipinski definition) is 3. The predicted molar refractivity (Wildman–Crippen MR) is 78.0 cm³/mol. The highest BCUT2D eigenvalue weighted by Crippen LogP contribution is 2.29. The van der Waals surface area contributed by atoms with E-state index in [0.29, 0.717) is 18.0 Å². The summed E-state index contributed by atoms with van der Waals surface area (Å²) in [5, 5.41) is 0. The van der Waals surface area contributed by atoms with Crippen molar-refractivity contribution < 1.29 is 14.3 Å². The van der Waals surface area contributed by atoms with Crippen LogP contribution in [0.5, 0.6) is 11.5 Å². The average molecular weight is 277 g/mol. The normalized spacial score (nSPS) is 15.2. The van der Waals surface area contributed by atoms with Gasteiger partial charge in [0.05, 0.1) is 14.2 Å². The second kappa shape index (κ2) is 6.64. The summed E-state index contributed by atoms with van der Waals surface area (Å²) in [7, 11) is 5.11. The molecule has 0 spiro atoms. The Kier molecular flexibility index (Phi) is 4.88. The summed E-state index contributed by atoms with van der Waals surface area (Å²) in [5.74, 6) is 1.89. The zero-order chi connectivity index (χ0) is 14.5. The van der Waals surface area contributed by atoms with Crippen LogP contribution >= 0.6 is 0 Å². The van der Waals surface area contributed by atoms with Crippen LogP contribution in [0.1, 0.15) is 31.2 Å². The lowest BCUT2D eigenvalue weighted by molar-refractivity contribution is -0.134. The van der Waals surface area contributed by atoms with Gasteiger partial charge in [-0.25, -0.2) is 0 Å². The summed E-state index contributed by atoms with van der Waals surface area (Å²) in [4.78, 5) is 14.1. The second-order valence-electron chi connectivity index (χ2n) is 5.37. The largest absolute Gasteiger partial charge is 0.493 e. The Balaban J connectivity index is 2.03. The van der Waals surface area contributed by atoms with Gasteiger partial charge in [-0.05, 0) is 30.5 Å². The highest BCUT2D eigenvalue weighted by atomic mass is 16.5. The molecule has 1 aromatic carbocycles. The van der Waals surface area contributed by atoms with Gasteiger partial charge in [0.2, 0.25) is 5.91 Å². The number of carbonyl (C=O) groups excluding carboxylic acids is 1. The monoisotopic (exact) mass is 277 g/mol. The van der Waals surface area contributed by atoms with E-state index in [-0.39, 0.29) is 11.8 Å². The van der Waals surface area contributed by atoms with E-state index < -0.39 is 0 Å². The van der Waals surface area contributed by atoms with Crippen molar-refractivity contribution in [3.8, 4) is 11.5 Å². The van der Waals surface area contributed by atoms with Gasteiger partial charge >= 0.3 is 0 Å². The van der Waals surface area contributed by atoms with Crippen molar-refractivity contribution in [3.63, 3.8) is 0 Å². The van der Waals surface area contributed by atoms with E-state index in [2.05, 4.69) is 0 Å². The molecule has 0 N–H and O–H groups in total. The number of methoxy groups -OCH3 is 2. The lowest BCUT2D eigenvalue weighted by Crippen LogP contribution is -2.31. The van der Waals surface area contributed by atoms with Crippen molar-refractivity contribution >= 4 is 5.91 Å². The molecule has 0 unspecified atom stereocenters. The van der Waals surface area contributed by atoms with Crippen molar-refractivity contribution in [2.24, 2.45) is 5.92 Å². The molecule has 1 amide bonds. The molecule has 0 aromatic heterocycles. The number of benzene rings is 1. The van der Waals surface area contributed by atoms with Crippen LogP contribution < -0.4 is 9.47 Å². The van der Waals surface area contributed by atoms with Gasteiger partial charge in [0.15, 0.2) is 11.5 Å². The minimum atomic E-state index is 0.222. The molecule has 1 saturated carbocycles. The van der Waals surface area contributed by atoms with E-state index in [4.69, 9.17) is 9.47 Å². The molecule has 0 bridgehead atoms. The van der Waals surface area contributed by atoms with Crippen molar-refractivity contribution in [1.82, 2.24) is 4.90 Å². The van der Waals surface area contributed by atoms with Crippen LogP contribution in [0.2, 0.25) is 0 Å². The van der Waals surface area contributed by atoms with Crippen molar-refractivity contribution in [2.45, 2.75) is 32.2 Å². The van der Waals surface area contributed by atoms with Crippen LogP contribution in [0, 0.1) is 5.92 Å². The van der Waals surface area contributed by atoms with Crippen LogP contribution in [0.15, 0.2) is 18.2 Å². The molecule has 0 atom stereocenters. The molecule has 0 aliphatic heterocycles. The maximum absolute atomic E-state index is 12.3. The first kappa shape index (κ1) is 14.7. The van der Waals surface area contributed by atoms with E-state index in [9.17, 15) is 4.79 Å². The van der Waals surface area contributed by atoms with Crippen LogP contribution in [-0.4, -0.2) is 32.1 Å². The molecule has 4 heteroatoms. The molecule has 110 valence electrons. The second-order valence-corrected chi connectivity index (χ2v) is 5.37. The molecule has 1 aliphatic carbocycles. The molecule has 1 aromatic rings. The van der Waals surface area contributed by atoms with E-state index in [1.54, 1.807) is 14.2 Å². The Morgan fingerprint density at radius 2 is 1.85 bits per heavy atom. The third-order valence-corrected chi connectivity index (χ3v) is 3.95. The van der Waals surface area contributed by atoms with Crippen molar-refractivity contribution in [3.05, 3.63) is 23.8 Å². The Morgan fingerprint density at radius 1 is 1.20 bits per heavy atom. The molecular weight excluding hydrogens is 254 g/mol. The van der Waals surface area contributed by atoms with Gasteiger partial charge in [-0.15, -0.1) is 0 Å². The van der Waals surface area contributed by atoms with Crippen molar-refractivity contribution in [1.29, 1.82) is 0 Å². The molecule has 4 nitrogen and oxygen atoms in total. The number of rotatable bonds is 5. The van der Waals surface area contributed by atoms with Gasteiger partial charge in [0.1, 0.15) is 0 Å². The van der Waals surface area contributed by atoms with E-state index >= 15 is 0 Å². The van der Waals surface area contributed by atoms with Gasteiger partial charge < -0.3 is 14.4 Å².